The van der Waals surface area contributed by atoms with E-state index in [1.807, 2.05) is 0 Å². The molecular weight excluding hydrogens is 302 g/mol. The average molecular weight is 321 g/mol. The fourth-order valence-corrected chi connectivity index (χ4v) is 2.48. The molecule has 0 N–H and O–H groups in total. The Kier molecular flexibility index (Phi) is 5.15. The Morgan fingerprint density at radius 1 is 1.22 bits per heavy atom. The van der Waals surface area contributed by atoms with Crippen molar-refractivity contribution in [3.8, 4) is 5.75 Å². The van der Waals surface area contributed by atoms with Gasteiger partial charge in [-0.05, 0) is 19.1 Å². The van der Waals surface area contributed by atoms with Gasteiger partial charge in [-0.25, -0.2) is 0 Å². The molecule has 2 amide bonds. The van der Waals surface area contributed by atoms with Crippen molar-refractivity contribution in [3.05, 3.63) is 33.9 Å². The first-order valence-corrected chi connectivity index (χ1v) is 7.40. The first-order chi connectivity index (χ1) is 10.9. The topological polar surface area (TPSA) is 93.0 Å². The quantitative estimate of drug-likeness (QED) is 0.615. The number of hydrogen-bond acceptors (Lipinski definition) is 5. The van der Waals surface area contributed by atoms with Crippen molar-refractivity contribution in [3.63, 3.8) is 0 Å². The number of amides is 2. The number of piperazine rings is 1. The van der Waals surface area contributed by atoms with E-state index in [4.69, 9.17) is 4.74 Å². The van der Waals surface area contributed by atoms with Gasteiger partial charge in [-0.3, -0.25) is 19.7 Å². The Balaban J connectivity index is 2.15. The van der Waals surface area contributed by atoms with Crippen LogP contribution >= 0.6 is 0 Å². The summed E-state index contributed by atoms with van der Waals surface area (Å²) in [4.78, 5) is 37.6. The molecule has 8 nitrogen and oxygen atoms in total. The molecule has 0 bridgehead atoms. The maximum absolute atomic E-state index is 12.5. The van der Waals surface area contributed by atoms with Gasteiger partial charge in [-0.2, -0.15) is 0 Å². The molecule has 0 aliphatic carbocycles. The molecule has 1 aromatic rings. The highest BCUT2D eigenvalue weighted by molar-refractivity contribution is 5.95. The van der Waals surface area contributed by atoms with Crippen molar-refractivity contribution in [2.45, 2.75) is 13.8 Å². The fraction of sp³-hybridized carbons (Fsp3) is 0.467. The van der Waals surface area contributed by atoms with E-state index in [9.17, 15) is 19.7 Å². The highest BCUT2D eigenvalue weighted by Gasteiger charge is 2.25. The second-order valence-electron chi connectivity index (χ2n) is 5.17. The first-order valence-electron chi connectivity index (χ1n) is 7.40. The van der Waals surface area contributed by atoms with Crippen LogP contribution in [0.15, 0.2) is 18.2 Å². The van der Waals surface area contributed by atoms with E-state index in [-0.39, 0.29) is 28.8 Å². The number of nitrogens with zero attached hydrogens (tertiary/aromatic N) is 3. The molecule has 1 heterocycles. The van der Waals surface area contributed by atoms with Gasteiger partial charge >= 0.3 is 5.69 Å². The average Bonchev–Trinajstić information content (AvgIpc) is 2.54. The highest BCUT2D eigenvalue weighted by atomic mass is 16.6. The molecule has 1 aromatic carbocycles. The van der Waals surface area contributed by atoms with Crippen LogP contribution in [0, 0.1) is 10.1 Å². The second-order valence-corrected chi connectivity index (χ2v) is 5.17. The van der Waals surface area contributed by atoms with Gasteiger partial charge in [0.2, 0.25) is 5.91 Å². The summed E-state index contributed by atoms with van der Waals surface area (Å²) in [7, 11) is 0. The molecule has 0 unspecified atom stereocenters. The molecule has 1 fully saturated rings. The summed E-state index contributed by atoms with van der Waals surface area (Å²) in [6.07, 6.45) is 0. The molecule has 1 aliphatic heterocycles. The molecular formula is C15H19N3O5. The maximum Gasteiger partial charge on any atom is 0.311 e. The lowest BCUT2D eigenvalue weighted by Crippen LogP contribution is -2.50. The summed E-state index contributed by atoms with van der Waals surface area (Å²) in [6, 6.07) is 4.21. The molecule has 0 aromatic heterocycles. The van der Waals surface area contributed by atoms with Crippen LogP contribution in [0.25, 0.3) is 0 Å². The third kappa shape index (κ3) is 3.77. The zero-order valence-electron chi connectivity index (χ0n) is 13.2. The standard InChI is InChI=1S/C15H19N3O5/c1-3-23-14-5-4-12(10-13(14)18(21)22)15(20)17-8-6-16(7-9-17)11(2)19/h4-5,10H,3,6-9H2,1-2H3. The van der Waals surface area contributed by atoms with Crippen molar-refractivity contribution in [1.82, 2.24) is 9.80 Å². The third-order valence-corrected chi connectivity index (χ3v) is 3.71. The van der Waals surface area contributed by atoms with Crippen molar-refractivity contribution >= 4 is 17.5 Å². The molecule has 1 aliphatic rings. The molecule has 0 radical (unpaired) electrons. The number of benzene rings is 1. The predicted molar refractivity (Wildman–Crippen MR) is 82.4 cm³/mol. The van der Waals surface area contributed by atoms with Gasteiger partial charge < -0.3 is 14.5 Å². The SMILES string of the molecule is CCOc1ccc(C(=O)N2CCN(C(C)=O)CC2)cc1[N+](=O)[O-]. The summed E-state index contributed by atoms with van der Waals surface area (Å²) < 4.78 is 5.21. The van der Waals surface area contributed by atoms with Crippen LogP contribution in [0.2, 0.25) is 0 Å². The van der Waals surface area contributed by atoms with E-state index in [1.165, 1.54) is 25.1 Å². The lowest BCUT2D eigenvalue weighted by molar-refractivity contribution is -0.385. The van der Waals surface area contributed by atoms with Crippen LogP contribution in [0.1, 0.15) is 24.2 Å². The normalized spacial score (nSPS) is 14.5. The van der Waals surface area contributed by atoms with E-state index < -0.39 is 4.92 Å². The highest BCUT2D eigenvalue weighted by Crippen LogP contribution is 2.28. The second kappa shape index (κ2) is 7.08. The molecule has 1 saturated heterocycles. The summed E-state index contributed by atoms with van der Waals surface area (Å²) in [6.45, 7) is 5.31. The Morgan fingerprint density at radius 3 is 2.35 bits per heavy atom. The Morgan fingerprint density at radius 2 is 1.83 bits per heavy atom. The number of carbonyl (C=O) groups is 2. The van der Waals surface area contributed by atoms with Crippen LogP contribution in [-0.4, -0.2) is 59.3 Å². The van der Waals surface area contributed by atoms with Crippen LogP contribution in [-0.2, 0) is 4.79 Å². The lowest BCUT2D eigenvalue weighted by Gasteiger charge is -2.34. The van der Waals surface area contributed by atoms with Crippen LogP contribution in [0.3, 0.4) is 0 Å². The summed E-state index contributed by atoms with van der Waals surface area (Å²) >= 11 is 0. The van der Waals surface area contributed by atoms with Gasteiger partial charge in [0.05, 0.1) is 11.5 Å². The van der Waals surface area contributed by atoms with Gasteiger partial charge in [0, 0.05) is 44.7 Å². The van der Waals surface area contributed by atoms with Crippen molar-refractivity contribution < 1.29 is 19.2 Å². The predicted octanol–water partition coefficient (Wildman–Crippen LogP) is 1.30. The molecule has 2 rings (SSSR count). The Hall–Kier alpha value is -2.64. The number of hydrogen-bond donors (Lipinski definition) is 0. The van der Waals surface area contributed by atoms with Crippen LogP contribution in [0.5, 0.6) is 5.75 Å². The summed E-state index contributed by atoms with van der Waals surface area (Å²) in [5.74, 6) is -0.149. The van der Waals surface area contributed by atoms with Crippen molar-refractivity contribution in [1.29, 1.82) is 0 Å². The molecule has 8 heteroatoms. The lowest BCUT2D eigenvalue weighted by atomic mass is 10.1. The monoisotopic (exact) mass is 321 g/mol. The Labute approximate surface area is 133 Å². The molecule has 124 valence electrons. The summed E-state index contributed by atoms with van der Waals surface area (Å²) in [5.41, 5.74) is 0.0245. The van der Waals surface area contributed by atoms with Crippen molar-refractivity contribution in [2.75, 3.05) is 32.8 Å². The largest absolute Gasteiger partial charge is 0.487 e. The zero-order chi connectivity index (χ0) is 17.0. The molecule has 0 atom stereocenters. The van der Waals surface area contributed by atoms with E-state index in [1.54, 1.807) is 16.7 Å². The molecule has 0 spiro atoms. The van der Waals surface area contributed by atoms with E-state index in [2.05, 4.69) is 0 Å². The van der Waals surface area contributed by atoms with Crippen LogP contribution in [0.4, 0.5) is 5.69 Å². The van der Waals surface area contributed by atoms with Crippen molar-refractivity contribution in [2.24, 2.45) is 0 Å². The molecule has 0 saturated carbocycles. The van der Waals surface area contributed by atoms with E-state index in [0.717, 1.165) is 0 Å². The number of nitro benzene ring substituents is 1. The van der Waals surface area contributed by atoms with Crippen LogP contribution < -0.4 is 4.74 Å². The van der Waals surface area contributed by atoms with E-state index >= 15 is 0 Å². The first kappa shape index (κ1) is 16.7. The number of ether oxygens (including phenoxy) is 1. The minimum atomic E-state index is -0.560. The third-order valence-electron chi connectivity index (χ3n) is 3.71. The van der Waals surface area contributed by atoms with E-state index in [0.29, 0.717) is 32.8 Å². The minimum absolute atomic E-state index is 0.0196. The van der Waals surface area contributed by atoms with Gasteiger partial charge in [0.15, 0.2) is 5.75 Å². The van der Waals surface area contributed by atoms with Gasteiger partial charge in [0.1, 0.15) is 0 Å². The Bertz CT molecular complexity index is 624. The number of rotatable bonds is 4. The number of carbonyl (C=O) groups excluding carboxylic acids is 2. The smallest absolute Gasteiger partial charge is 0.311 e. The molecule has 23 heavy (non-hydrogen) atoms. The zero-order valence-corrected chi connectivity index (χ0v) is 13.2. The minimum Gasteiger partial charge on any atom is -0.487 e. The van der Waals surface area contributed by atoms with Gasteiger partial charge in [0.25, 0.3) is 5.91 Å². The van der Waals surface area contributed by atoms with Gasteiger partial charge in [-0.1, -0.05) is 0 Å². The van der Waals surface area contributed by atoms with Gasteiger partial charge in [-0.15, -0.1) is 0 Å². The fourth-order valence-electron chi connectivity index (χ4n) is 2.48. The number of nitro groups is 1. The summed E-state index contributed by atoms with van der Waals surface area (Å²) in [5, 5.41) is 11.1. The maximum atomic E-state index is 12.5.